The van der Waals surface area contributed by atoms with Crippen LogP contribution in [0.5, 0.6) is 0 Å². The highest BCUT2D eigenvalue weighted by atomic mass is 19.1. The van der Waals surface area contributed by atoms with Gasteiger partial charge in [0, 0.05) is 29.2 Å². The molecule has 0 unspecified atom stereocenters. The van der Waals surface area contributed by atoms with Crippen molar-refractivity contribution in [3.63, 3.8) is 0 Å². The summed E-state index contributed by atoms with van der Waals surface area (Å²) in [5.74, 6) is -0.454. The molecule has 5 nitrogen and oxygen atoms in total. The van der Waals surface area contributed by atoms with Crippen LogP contribution in [0.3, 0.4) is 0 Å². The highest BCUT2D eigenvalue weighted by Gasteiger charge is 2.51. The molecule has 2 fully saturated rings. The van der Waals surface area contributed by atoms with Crippen LogP contribution in [0.25, 0.3) is 0 Å². The van der Waals surface area contributed by atoms with Gasteiger partial charge in [0.2, 0.25) is 0 Å². The summed E-state index contributed by atoms with van der Waals surface area (Å²) >= 11 is 0. The number of non-ortho nitro benzene ring substituents is 1. The highest BCUT2D eigenvalue weighted by molar-refractivity contribution is 5.41. The Kier molecular flexibility index (Phi) is 3.45. The summed E-state index contributed by atoms with van der Waals surface area (Å²) in [6, 6.07) is 3.64. The number of rotatable bonds is 2. The number of hydrogen-bond acceptors (Lipinski definition) is 4. The maximum absolute atomic E-state index is 14.3. The second-order valence-electron chi connectivity index (χ2n) is 6.21. The summed E-state index contributed by atoms with van der Waals surface area (Å²) in [7, 11) is 1.97. The van der Waals surface area contributed by atoms with Crippen LogP contribution in [0.2, 0.25) is 0 Å². The third kappa shape index (κ3) is 2.13. The molecule has 6 heteroatoms. The van der Waals surface area contributed by atoms with Crippen molar-refractivity contribution >= 4 is 5.69 Å². The average Bonchev–Trinajstić information content (AvgIpc) is 2.44. The minimum atomic E-state index is -0.689. The Morgan fingerprint density at radius 2 is 2.24 bits per heavy atom. The minimum absolute atomic E-state index is 0.00571. The van der Waals surface area contributed by atoms with Gasteiger partial charge in [-0.15, -0.1) is 0 Å². The largest absolute Gasteiger partial charge is 0.391 e. The fourth-order valence-corrected chi connectivity index (χ4v) is 4.01. The van der Waals surface area contributed by atoms with Gasteiger partial charge in [0.25, 0.3) is 5.69 Å². The van der Waals surface area contributed by atoms with E-state index in [2.05, 4.69) is 4.90 Å². The van der Waals surface area contributed by atoms with E-state index in [9.17, 15) is 19.6 Å². The van der Waals surface area contributed by atoms with E-state index in [0.29, 0.717) is 18.4 Å². The van der Waals surface area contributed by atoms with Crippen LogP contribution in [0.1, 0.15) is 31.2 Å². The standard InChI is InChI=1S/C15H19FN2O3/c1-17-8-7-15(6-2-3-13(17)14(15)19)11-9-10(18(20)21)4-5-12(11)16/h4-5,9,13-14,19H,2-3,6-8H2,1H3/t13-,14-,15-/m1/s1. The molecule has 0 amide bonds. The van der Waals surface area contributed by atoms with Crippen LogP contribution in [0, 0.1) is 15.9 Å². The van der Waals surface area contributed by atoms with Crippen LogP contribution in [0.15, 0.2) is 18.2 Å². The molecule has 1 heterocycles. The van der Waals surface area contributed by atoms with E-state index in [1.165, 1.54) is 12.1 Å². The molecule has 0 radical (unpaired) electrons. The molecule has 2 bridgehead atoms. The van der Waals surface area contributed by atoms with E-state index in [4.69, 9.17) is 0 Å². The summed E-state index contributed by atoms with van der Waals surface area (Å²) in [6.07, 6.45) is 2.40. The zero-order chi connectivity index (χ0) is 15.2. The predicted octanol–water partition coefficient (Wildman–Crippen LogP) is 2.22. The van der Waals surface area contributed by atoms with Crippen LogP contribution in [-0.2, 0) is 5.41 Å². The number of aliphatic hydroxyl groups is 1. The van der Waals surface area contributed by atoms with Gasteiger partial charge in [-0.25, -0.2) is 4.39 Å². The molecule has 1 aromatic carbocycles. The van der Waals surface area contributed by atoms with Crippen molar-refractivity contribution in [2.75, 3.05) is 13.6 Å². The summed E-state index contributed by atoms with van der Waals surface area (Å²) < 4.78 is 14.3. The normalized spacial score (nSPS) is 32.9. The first-order valence-corrected chi connectivity index (χ1v) is 7.28. The van der Waals surface area contributed by atoms with Gasteiger partial charge in [-0.1, -0.05) is 6.42 Å². The number of hydrogen-bond donors (Lipinski definition) is 1. The van der Waals surface area contributed by atoms with Gasteiger partial charge in [0.1, 0.15) is 5.82 Å². The fourth-order valence-electron chi connectivity index (χ4n) is 4.01. The highest BCUT2D eigenvalue weighted by Crippen LogP contribution is 2.48. The van der Waals surface area contributed by atoms with Crippen LogP contribution < -0.4 is 0 Å². The van der Waals surface area contributed by atoms with Crippen molar-refractivity contribution < 1.29 is 14.4 Å². The lowest BCUT2D eigenvalue weighted by Gasteiger charge is -2.53. The molecule has 0 aromatic heterocycles. The molecule has 1 N–H and O–H groups in total. The number of aliphatic hydroxyl groups excluding tert-OH is 1. The summed E-state index contributed by atoms with van der Waals surface area (Å²) in [4.78, 5) is 12.6. The average molecular weight is 294 g/mol. The van der Waals surface area contributed by atoms with Crippen LogP contribution in [0.4, 0.5) is 10.1 Å². The molecule has 3 atom stereocenters. The van der Waals surface area contributed by atoms with Gasteiger partial charge in [-0.3, -0.25) is 10.1 Å². The minimum Gasteiger partial charge on any atom is -0.391 e. The third-order valence-electron chi connectivity index (χ3n) is 5.23. The molecule has 21 heavy (non-hydrogen) atoms. The summed E-state index contributed by atoms with van der Waals surface area (Å²) in [5, 5.41) is 21.7. The van der Waals surface area contributed by atoms with E-state index < -0.39 is 22.3 Å². The lowest BCUT2D eigenvalue weighted by atomic mass is 9.61. The number of piperidine rings is 1. The zero-order valence-electron chi connectivity index (χ0n) is 12.0. The number of benzene rings is 1. The topological polar surface area (TPSA) is 66.6 Å². The number of nitrogens with zero attached hydrogens (tertiary/aromatic N) is 2. The third-order valence-corrected chi connectivity index (χ3v) is 5.23. The molecular weight excluding hydrogens is 275 g/mol. The maximum atomic E-state index is 14.3. The second kappa shape index (κ2) is 5.03. The van der Waals surface area contributed by atoms with Crippen molar-refractivity contribution in [2.45, 2.75) is 43.2 Å². The molecule has 114 valence electrons. The number of halogens is 1. The van der Waals surface area contributed by atoms with Crippen molar-refractivity contribution in [1.29, 1.82) is 0 Å². The monoisotopic (exact) mass is 294 g/mol. The second-order valence-corrected chi connectivity index (χ2v) is 6.21. The number of nitro groups is 1. The molecule has 0 spiro atoms. The number of likely N-dealkylation sites (tertiary alicyclic amines) is 1. The Bertz CT molecular complexity index is 580. The SMILES string of the molecule is CN1CC[C@@]2(c3cc([N+](=O)[O-])ccc3F)CCC[C@@H]1[C@H]2O. The smallest absolute Gasteiger partial charge is 0.269 e. The predicted molar refractivity (Wildman–Crippen MR) is 75.6 cm³/mol. The van der Waals surface area contributed by atoms with Crippen LogP contribution >= 0.6 is 0 Å². The van der Waals surface area contributed by atoms with Crippen molar-refractivity contribution in [2.24, 2.45) is 0 Å². The van der Waals surface area contributed by atoms with Gasteiger partial charge < -0.3 is 10.0 Å². The Morgan fingerprint density at radius 1 is 1.48 bits per heavy atom. The first-order chi connectivity index (χ1) is 9.95. The van der Waals surface area contributed by atoms with Gasteiger partial charge in [0.05, 0.1) is 11.0 Å². The zero-order valence-corrected chi connectivity index (χ0v) is 12.0. The lowest BCUT2D eigenvalue weighted by Crippen LogP contribution is -2.61. The number of fused-ring (bicyclic) bond motifs is 2. The van der Waals surface area contributed by atoms with Crippen molar-refractivity contribution in [1.82, 2.24) is 4.90 Å². The van der Waals surface area contributed by atoms with Gasteiger partial charge >= 0.3 is 0 Å². The van der Waals surface area contributed by atoms with Crippen molar-refractivity contribution in [3.8, 4) is 0 Å². The molecule has 1 saturated heterocycles. The molecule has 2 aliphatic rings. The fraction of sp³-hybridized carbons (Fsp3) is 0.600. The number of nitro benzene ring substituents is 1. The van der Waals surface area contributed by atoms with Gasteiger partial charge in [-0.05, 0) is 38.9 Å². The molecule has 3 rings (SSSR count). The van der Waals surface area contributed by atoms with E-state index >= 15 is 0 Å². The Balaban J connectivity index is 2.09. The van der Waals surface area contributed by atoms with E-state index in [1.54, 1.807) is 0 Å². The maximum Gasteiger partial charge on any atom is 0.269 e. The molecular formula is C15H19FN2O3. The van der Waals surface area contributed by atoms with Gasteiger partial charge in [0.15, 0.2) is 0 Å². The molecule has 1 aromatic rings. The van der Waals surface area contributed by atoms with E-state index in [0.717, 1.165) is 25.5 Å². The van der Waals surface area contributed by atoms with Crippen molar-refractivity contribution in [3.05, 3.63) is 39.7 Å². The Morgan fingerprint density at radius 3 is 2.95 bits per heavy atom. The van der Waals surface area contributed by atoms with Crippen LogP contribution in [-0.4, -0.2) is 40.7 Å². The molecule has 1 aliphatic carbocycles. The van der Waals surface area contributed by atoms with Gasteiger partial charge in [-0.2, -0.15) is 0 Å². The summed E-state index contributed by atoms with van der Waals surface area (Å²) in [5.41, 5.74) is -0.498. The summed E-state index contributed by atoms with van der Waals surface area (Å²) in [6.45, 7) is 0.768. The Labute approximate surface area is 122 Å². The Hall–Kier alpha value is -1.53. The first kappa shape index (κ1) is 14.4. The lowest BCUT2D eigenvalue weighted by molar-refractivity contribution is -0.385. The van der Waals surface area contributed by atoms with E-state index in [-0.39, 0.29) is 11.7 Å². The quantitative estimate of drug-likeness (QED) is 0.671. The number of likely N-dealkylation sites (N-methyl/N-ethyl adjacent to an activating group) is 1. The van der Waals surface area contributed by atoms with E-state index in [1.807, 2.05) is 7.05 Å². The molecule has 1 aliphatic heterocycles. The first-order valence-electron chi connectivity index (χ1n) is 7.28. The molecule has 1 saturated carbocycles.